The number of fused-ring (bicyclic) bond motifs is 1. The van der Waals surface area contributed by atoms with Crippen LogP contribution in [0.2, 0.25) is 0 Å². The van der Waals surface area contributed by atoms with Crippen molar-refractivity contribution in [3.63, 3.8) is 0 Å². The summed E-state index contributed by atoms with van der Waals surface area (Å²) in [6.45, 7) is 0.491. The number of sulfone groups is 1. The number of hydrogen-bond donors (Lipinski definition) is 0. The Morgan fingerprint density at radius 3 is 2.71 bits per heavy atom. The van der Waals surface area contributed by atoms with Crippen molar-refractivity contribution >= 4 is 32.7 Å². The van der Waals surface area contributed by atoms with Crippen molar-refractivity contribution in [2.75, 3.05) is 18.6 Å². The second-order valence-corrected chi connectivity index (χ2v) is 11.2. The third kappa shape index (κ3) is 4.08. The molecule has 3 fully saturated rings. The lowest BCUT2D eigenvalue weighted by Crippen LogP contribution is -2.37. The van der Waals surface area contributed by atoms with Gasteiger partial charge in [0.1, 0.15) is 5.75 Å². The van der Waals surface area contributed by atoms with Gasteiger partial charge in [0.15, 0.2) is 15.0 Å². The molecule has 0 radical (unpaired) electrons. The van der Waals surface area contributed by atoms with Crippen LogP contribution in [0.3, 0.4) is 0 Å². The average Bonchev–Trinajstić information content (AvgIpc) is 3.15. The van der Waals surface area contributed by atoms with E-state index in [0.717, 1.165) is 37.0 Å². The SMILES string of the molecule is COc1ccccc1CN1C(=NC(=O)C2CCCCC2)S[C@H]2CS(=O)(=O)C[C@H]21. The highest BCUT2D eigenvalue weighted by Gasteiger charge is 2.49. The van der Waals surface area contributed by atoms with E-state index >= 15 is 0 Å². The first kappa shape index (κ1) is 19.8. The topological polar surface area (TPSA) is 76.0 Å². The van der Waals surface area contributed by atoms with Gasteiger partial charge in [-0.15, -0.1) is 0 Å². The molecule has 8 heteroatoms. The van der Waals surface area contributed by atoms with Crippen LogP contribution in [0.1, 0.15) is 37.7 Å². The fraction of sp³-hybridized carbons (Fsp3) is 0.600. The zero-order valence-corrected chi connectivity index (χ0v) is 17.7. The minimum atomic E-state index is -3.05. The van der Waals surface area contributed by atoms with E-state index < -0.39 is 9.84 Å². The number of amides is 1. The summed E-state index contributed by atoms with van der Waals surface area (Å²) in [7, 11) is -1.43. The number of rotatable bonds is 4. The summed E-state index contributed by atoms with van der Waals surface area (Å²) in [4.78, 5) is 19.3. The van der Waals surface area contributed by atoms with Gasteiger partial charge in [-0.25, -0.2) is 8.42 Å². The molecule has 152 valence electrons. The summed E-state index contributed by atoms with van der Waals surface area (Å²) in [5.41, 5.74) is 0.966. The molecule has 0 bridgehead atoms. The Hall–Kier alpha value is -1.54. The van der Waals surface area contributed by atoms with Gasteiger partial charge >= 0.3 is 0 Å². The fourth-order valence-corrected chi connectivity index (χ4v) is 8.33. The molecule has 2 aliphatic heterocycles. The van der Waals surface area contributed by atoms with Gasteiger partial charge in [-0.2, -0.15) is 4.99 Å². The van der Waals surface area contributed by atoms with Gasteiger partial charge in [-0.1, -0.05) is 49.2 Å². The van der Waals surface area contributed by atoms with E-state index in [1.807, 2.05) is 29.2 Å². The molecule has 1 aromatic rings. The third-order valence-corrected chi connectivity index (χ3v) is 9.12. The van der Waals surface area contributed by atoms with Crippen LogP contribution in [0.4, 0.5) is 0 Å². The summed E-state index contributed by atoms with van der Waals surface area (Å²) in [5, 5.41) is 0.615. The van der Waals surface area contributed by atoms with Crippen molar-refractivity contribution in [1.82, 2.24) is 4.90 Å². The molecule has 0 unspecified atom stereocenters. The Morgan fingerprint density at radius 2 is 1.96 bits per heavy atom. The monoisotopic (exact) mass is 422 g/mol. The number of carbonyl (C=O) groups excluding carboxylic acids is 1. The number of methoxy groups -OCH3 is 1. The Bertz CT molecular complexity index is 878. The van der Waals surface area contributed by atoms with Gasteiger partial charge in [0.05, 0.1) is 24.7 Å². The average molecular weight is 423 g/mol. The summed E-state index contributed by atoms with van der Waals surface area (Å²) in [5.74, 6) is 1.00. The molecule has 2 heterocycles. The number of ether oxygens (including phenoxy) is 1. The number of aliphatic imine (C=N–C) groups is 1. The normalized spacial score (nSPS) is 28.5. The van der Waals surface area contributed by atoms with E-state index in [1.54, 1.807) is 7.11 Å². The van der Waals surface area contributed by atoms with Gasteiger partial charge in [0.2, 0.25) is 0 Å². The smallest absolute Gasteiger partial charge is 0.251 e. The molecular formula is C20H26N2O4S2. The Kier molecular flexibility index (Phi) is 5.69. The maximum Gasteiger partial charge on any atom is 0.251 e. The first-order valence-corrected chi connectivity index (χ1v) is 12.5. The van der Waals surface area contributed by atoms with Crippen LogP contribution in [0.15, 0.2) is 29.3 Å². The second kappa shape index (κ2) is 8.06. The molecular weight excluding hydrogens is 396 g/mol. The quantitative estimate of drug-likeness (QED) is 0.743. The van der Waals surface area contributed by atoms with Crippen LogP contribution in [0, 0.1) is 5.92 Å². The molecule has 6 nitrogen and oxygen atoms in total. The van der Waals surface area contributed by atoms with Crippen LogP contribution >= 0.6 is 11.8 Å². The maximum absolute atomic E-state index is 12.8. The first-order valence-electron chi connectivity index (χ1n) is 9.85. The van der Waals surface area contributed by atoms with Gasteiger partial charge in [-0.3, -0.25) is 4.79 Å². The molecule has 0 N–H and O–H groups in total. The lowest BCUT2D eigenvalue weighted by molar-refractivity contribution is -0.122. The van der Waals surface area contributed by atoms with Crippen molar-refractivity contribution < 1.29 is 17.9 Å². The van der Waals surface area contributed by atoms with Crippen LogP contribution in [0.5, 0.6) is 5.75 Å². The highest BCUT2D eigenvalue weighted by Crippen LogP contribution is 2.40. The number of carbonyl (C=O) groups is 1. The van der Waals surface area contributed by atoms with Gasteiger partial charge in [0.25, 0.3) is 5.91 Å². The molecule has 2 atom stereocenters. The molecule has 2 saturated heterocycles. The molecule has 28 heavy (non-hydrogen) atoms. The van der Waals surface area contributed by atoms with E-state index in [2.05, 4.69) is 4.99 Å². The van der Waals surface area contributed by atoms with Gasteiger partial charge < -0.3 is 9.64 Å². The van der Waals surface area contributed by atoms with Crippen LogP contribution in [-0.4, -0.2) is 54.3 Å². The Labute approximate surface area is 170 Å². The lowest BCUT2D eigenvalue weighted by Gasteiger charge is -2.26. The number of amidine groups is 1. The predicted molar refractivity (Wildman–Crippen MR) is 111 cm³/mol. The standard InChI is InChI=1S/C20H26N2O4S2/c1-26-17-10-6-5-9-15(17)11-22-16-12-28(24,25)13-18(16)27-20(22)21-19(23)14-7-3-2-4-8-14/h5-6,9-10,14,16,18H,2-4,7-8,11-13H2,1H3/t16-,18+/m1/s1. The van der Waals surface area contributed by atoms with Crippen molar-refractivity contribution in [2.45, 2.75) is 49.9 Å². The van der Waals surface area contributed by atoms with E-state index in [1.165, 1.54) is 18.2 Å². The molecule has 0 spiro atoms. The lowest BCUT2D eigenvalue weighted by atomic mass is 9.89. The van der Waals surface area contributed by atoms with Gasteiger partial charge in [0, 0.05) is 23.3 Å². The number of hydrogen-bond acceptors (Lipinski definition) is 5. The number of nitrogens with zero attached hydrogens (tertiary/aromatic N) is 2. The molecule has 1 amide bonds. The van der Waals surface area contributed by atoms with E-state index in [4.69, 9.17) is 4.74 Å². The zero-order chi connectivity index (χ0) is 19.7. The summed E-state index contributed by atoms with van der Waals surface area (Å²) < 4.78 is 29.8. The van der Waals surface area contributed by atoms with Crippen LogP contribution in [0.25, 0.3) is 0 Å². The Balaban J connectivity index is 1.61. The van der Waals surface area contributed by atoms with E-state index in [9.17, 15) is 13.2 Å². The van der Waals surface area contributed by atoms with Crippen molar-refractivity contribution in [1.29, 1.82) is 0 Å². The number of thioether (sulfide) groups is 1. The summed E-state index contributed by atoms with van der Waals surface area (Å²) in [6, 6.07) is 7.57. The minimum absolute atomic E-state index is 0.0131. The van der Waals surface area contributed by atoms with Crippen molar-refractivity contribution in [2.24, 2.45) is 10.9 Å². The van der Waals surface area contributed by atoms with E-state index in [-0.39, 0.29) is 34.6 Å². The molecule has 1 aliphatic carbocycles. The highest BCUT2D eigenvalue weighted by atomic mass is 32.2. The molecule has 4 rings (SSSR count). The summed E-state index contributed by atoms with van der Waals surface area (Å²) in [6.07, 6.45) is 5.19. The van der Waals surface area contributed by atoms with Crippen LogP contribution < -0.4 is 4.74 Å². The molecule has 3 aliphatic rings. The van der Waals surface area contributed by atoms with Crippen molar-refractivity contribution in [3.05, 3.63) is 29.8 Å². The maximum atomic E-state index is 12.8. The predicted octanol–water partition coefficient (Wildman–Crippen LogP) is 2.87. The second-order valence-electron chi connectivity index (χ2n) is 7.81. The summed E-state index contributed by atoms with van der Waals surface area (Å²) >= 11 is 1.45. The van der Waals surface area contributed by atoms with Gasteiger partial charge in [-0.05, 0) is 18.9 Å². The Morgan fingerprint density at radius 1 is 1.21 bits per heavy atom. The number of para-hydroxylation sites is 1. The van der Waals surface area contributed by atoms with Crippen molar-refractivity contribution in [3.8, 4) is 5.75 Å². The molecule has 1 aromatic carbocycles. The molecule has 1 saturated carbocycles. The fourth-order valence-electron chi connectivity index (χ4n) is 4.37. The van der Waals surface area contributed by atoms with Crippen LogP contribution in [-0.2, 0) is 21.2 Å². The minimum Gasteiger partial charge on any atom is -0.496 e. The largest absolute Gasteiger partial charge is 0.496 e. The highest BCUT2D eigenvalue weighted by molar-refractivity contribution is 8.15. The third-order valence-electron chi connectivity index (χ3n) is 5.87. The molecule has 0 aromatic heterocycles. The number of benzene rings is 1. The first-order chi connectivity index (χ1) is 13.5. The zero-order valence-electron chi connectivity index (χ0n) is 16.0. The van der Waals surface area contributed by atoms with E-state index in [0.29, 0.717) is 11.7 Å².